The molecule has 6 heteroatoms. The highest BCUT2D eigenvalue weighted by Gasteiger charge is 2.10. The average molecular weight is 316 g/mol. The summed E-state index contributed by atoms with van der Waals surface area (Å²) in [5.74, 6) is -0.105. The summed E-state index contributed by atoms with van der Waals surface area (Å²) in [5.41, 5.74) is 1.66. The van der Waals surface area contributed by atoms with Gasteiger partial charge in [-0.3, -0.25) is 9.59 Å². The molecule has 1 aromatic carbocycles. The Hall–Kier alpha value is -2.55. The van der Waals surface area contributed by atoms with Crippen LogP contribution in [0.2, 0.25) is 0 Å². The van der Waals surface area contributed by atoms with Crippen molar-refractivity contribution < 1.29 is 9.59 Å². The van der Waals surface area contributed by atoms with Gasteiger partial charge < -0.3 is 15.5 Å². The maximum absolute atomic E-state index is 12.0. The molecule has 23 heavy (non-hydrogen) atoms. The summed E-state index contributed by atoms with van der Waals surface area (Å²) in [6.07, 6.45) is 1.07. The van der Waals surface area contributed by atoms with E-state index in [1.807, 2.05) is 44.1 Å². The Kier molecular flexibility index (Phi) is 7.61. The molecule has 0 bridgehead atoms. The molecule has 0 saturated carbocycles. The third-order valence-corrected chi connectivity index (χ3v) is 3.47. The predicted octanol–water partition coefficient (Wildman–Crippen LogP) is 1.54. The second-order valence-corrected chi connectivity index (χ2v) is 5.73. The third-order valence-electron chi connectivity index (χ3n) is 3.47. The van der Waals surface area contributed by atoms with E-state index in [0.717, 1.165) is 5.69 Å². The fourth-order valence-electron chi connectivity index (χ4n) is 2.07. The summed E-state index contributed by atoms with van der Waals surface area (Å²) in [6, 6.07) is 9.26. The molecule has 0 fully saturated rings. The molecular weight excluding hydrogens is 292 g/mol. The fourth-order valence-corrected chi connectivity index (χ4v) is 2.07. The summed E-state index contributed by atoms with van der Waals surface area (Å²) >= 11 is 0. The van der Waals surface area contributed by atoms with Gasteiger partial charge in [0.15, 0.2) is 0 Å². The van der Waals surface area contributed by atoms with E-state index in [2.05, 4.69) is 10.6 Å². The molecule has 124 valence electrons. The highest BCUT2D eigenvalue weighted by molar-refractivity contribution is 5.94. The number of rotatable bonds is 8. The minimum atomic E-state index is -0.135. The first-order valence-electron chi connectivity index (χ1n) is 7.63. The number of carbonyl (C=O) groups excluding carboxylic acids is 2. The molecule has 1 rings (SSSR count). The van der Waals surface area contributed by atoms with Crippen LogP contribution < -0.4 is 15.5 Å². The van der Waals surface area contributed by atoms with Crippen molar-refractivity contribution in [3.05, 3.63) is 29.8 Å². The van der Waals surface area contributed by atoms with E-state index in [1.54, 1.807) is 12.1 Å². The van der Waals surface area contributed by atoms with Crippen LogP contribution >= 0.6 is 0 Å². The van der Waals surface area contributed by atoms with Gasteiger partial charge >= 0.3 is 0 Å². The molecule has 0 aliphatic carbocycles. The van der Waals surface area contributed by atoms with Crippen LogP contribution in [-0.2, 0) is 4.79 Å². The Morgan fingerprint density at radius 3 is 2.43 bits per heavy atom. The lowest BCUT2D eigenvalue weighted by Gasteiger charge is -2.13. The van der Waals surface area contributed by atoms with Gasteiger partial charge in [-0.25, -0.2) is 0 Å². The van der Waals surface area contributed by atoms with Crippen LogP contribution in [0.3, 0.4) is 0 Å². The normalized spacial score (nSPS) is 11.2. The molecule has 2 N–H and O–H groups in total. The number of anilines is 1. The summed E-state index contributed by atoms with van der Waals surface area (Å²) in [7, 11) is 3.90. The van der Waals surface area contributed by atoms with Crippen molar-refractivity contribution in [3.63, 3.8) is 0 Å². The van der Waals surface area contributed by atoms with Crippen LogP contribution in [0, 0.1) is 17.2 Å². The molecule has 0 heterocycles. The van der Waals surface area contributed by atoms with Crippen molar-refractivity contribution in [1.29, 1.82) is 5.26 Å². The lowest BCUT2D eigenvalue weighted by molar-refractivity contribution is -0.121. The molecule has 0 aliphatic heterocycles. The van der Waals surface area contributed by atoms with Crippen molar-refractivity contribution >= 4 is 17.5 Å². The zero-order valence-corrected chi connectivity index (χ0v) is 13.9. The van der Waals surface area contributed by atoms with Crippen molar-refractivity contribution in [1.82, 2.24) is 10.6 Å². The van der Waals surface area contributed by atoms with Crippen molar-refractivity contribution in [2.24, 2.45) is 5.92 Å². The Morgan fingerprint density at radius 1 is 1.22 bits per heavy atom. The van der Waals surface area contributed by atoms with Gasteiger partial charge in [0.25, 0.3) is 5.91 Å². The molecule has 0 saturated heterocycles. The van der Waals surface area contributed by atoms with Crippen LogP contribution in [0.4, 0.5) is 5.69 Å². The smallest absolute Gasteiger partial charge is 0.251 e. The topological polar surface area (TPSA) is 85.2 Å². The standard InChI is InChI=1S/C17H24N4O2/c1-13(12-16(22)19-11-9-18)8-10-20-17(23)14-4-6-15(7-5-14)21(2)3/h4-7,13H,8,10-12H2,1-3H3,(H,19,22)(H,20,23). The number of nitrogens with one attached hydrogen (secondary N) is 2. The van der Waals surface area contributed by atoms with Crippen LogP contribution in [0.25, 0.3) is 0 Å². The van der Waals surface area contributed by atoms with E-state index in [4.69, 9.17) is 5.26 Å². The molecule has 2 amide bonds. The molecule has 1 aromatic rings. The van der Waals surface area contributed by atoms with Gasteiger partial charge in [-0.2, -0.15) is 5.26 Å². The van der Waals surface area contributed by atoms with Crippen LogP contribution in [0.5, 0.6) is 0 Å². The molecule has 0 aromatic heterocycles. The van der Waals surface area contributed by atoms with Crippen LogP contribution in [0.15, 0.2) is 24.3 Å². The number of benzene rings is 1. The number of carbonyl (C=O) groups is 2. The van der Waals surface area contributed by atoms with Crippen molar-refractivity contribution in [2.45, 2.75) is 19.8 Å². The zero-order valence-electron chi connectivity index (χ0n) is 13.9. The Morgan fingerprint density at radius 2 is 1.87 bits per heavy atom. The zero-order chi connectivity index (χ0) is 17.2. The van der Waals surface area contributed by atoms with Gasteiger partial charge in [0.1, 0.15) is 6.54 Å². The third kappa shape index (κ3) is 6.83. The Bertz CT molecular complexity index is 561. The lowest BCUT2D eigenvalue weighted by Crippen LogP contribution is -2.28. The van der Waals surface area contributed by atoms with Gasteiger partial charge in [-0.05, 0) is 36.6 Å². The number of amides is 2. The lowest BCUT2D eigenvalue weighted by atomic mass is 10.0. The second kappa shape index (κ2) is 9.46. The summed E-state index contributed by atoms with van der Waals surface area (Å²) in [6.45, 7) is 2.50. The number of nitrogens with zero attached hydrogens (tertiary/aromatic N) is 2. The molecular formula is C17H24N4O2. The number of hydrogen-bond donors (Lipinski definition) is 2. The highest BCUT2D eigenvalue weighted by Crippen LogP contribution is 2.12. The minimum Gasteiger partial charge on any atom is -0.378 e. The van der Waals surface area contributed by atoms with Gasteiger partial charge in [0, 0.05) is 38.3 Å². The van der Waals surface area contributed by atoms with Gasteiger partial charge in [-0.1, -0.05) is 6.92 Å². The number of nitriles is 1. The summed E-state index contributed by atoms with van der Waals surface area (Å²) in [4.78, 5) is 25.5. The molecule has 0 spiro atoms. The molecule has 0 aliphatic rings. The number of hydrogen-bond acceptors (Lipinski definition) is 4. The first kappa shape index (κ1) is 18.5. The van der Waals surface area contributed by atoms with Crippen molar-refractivity contribution in [2.75, 3.05) is 32.1 Å². The van der Waals surface area contributed by atoms with Gasteiger partial charge in [-0.15, -0.1) is 0 Å². The molecule has 6 nitrogen and oxygen atoms in total. The van der Waals surface area contributed by atoms with E-state index >= 15 is 0 Å². The first-order valence-corrected chi connectivity index (χ1v) is 7.63. The van der Waals surface area contributed by atoms with E-state index in [1.165, 1.54) is 0 Å². The largest absolute Gasteiger partial charge is 0.378 e. The molecule has 0 radical (unpaired) electrons. The van der Waals surface area contributed by atoms with Crippen LogP contribution in [0.1, 0.15) is 30.1 Å². The van der Waals surface area contributed by atoms with Crippen molar-refractivity contribution in [3.8, 4) is 6.07 Å². The highest BCUT2D eigenvalue weighted by atomic mass is 16.2. The maximum atomic E-state index is 12.0. The quantitative estimate of drug-likeness (QED) is 0.712. The van der Waals surface area contributed by atoms with E-state index < -0.39 is 0 Å². The maximum Gasteiger partial charge on any atom is 0.251 e. The van der Waals surface area contributed by atoms with E-state index in [0.29, 0.717) is 24.9 Å². The van der Waals surface area contributed by atoms with Crippen LogP contribution in [-0.4, -0.2) is 39.0 Å². The minimum absolute atomic E-state index is 0.0330. The van der Waals surface area contributed by atoms with E-state index in [-0.39, 0.29) is 24.3 Å². The average Bonchev–Trinajstić information content (AvgIpc) is 2.52. The van der Waals surface area contributed by atoms with Gasteiger partial charge in [0.05, 0.1) is 6.07 Å². The predicted molar refractivity (Wildman–Crippen MR) is 90.1 cm³/mol. The summed E-state index contributed by atoms with van der Waals surface area (Å²) in [5, 5.41) is 13.8. The van der Waals surface area contributed by atoms with E-state index in [9.17, 15) is 9.59 Å². The van der Waals surface area contributed by atoms with Gasteiger partial charge in [0.2, 0.25) is 5.91 Å². The second-order valence-electron chi connectivity index (χ2n) is 5.73. The SMILES string of the molecule is CC(CCNC(=O)c1ccc(N(C)C)cc1)CC(=O)NCC#N. The Labute approximate surface area is 137 Å². The molecule has 1 atom stereocenters. The first-order chi connectivity index (χ1) is 10.9. The summed E-state index contributed by atoms with van der Waals surface area (Å²) < 4.78 is 0. The monoisotopic (exact) mass is 316 g/mol. The fraction of sp³-hybridized carbons (Fsp3) is 0.471. The molecule has 1 unspecified atom stereocenters. The Balaban J connectivity index is 2.33.